The Morgan fingerprint density at radius 3 is 2.09 bits per heavy atom. The van der Waals surface area contributed by atoms with Crippen molar-refractivity contribution in [1.29, 1.82) is 0 Å². The van der Waals surface area contributed by atoms with Crippen molar-refractivity contribution in [2.24, 2.45) is 0 Å². The third-order valence-electron chi connectivity index (χ3n) is 1.55. The minimum absolute atomic E-state index is 0.444. The van der Waals surface area contributed by atoms with Gasteiger partial charge in [-0.15, -0.1) is 0 Å². The summed E-state index contributed by atoms with van der Waals surface area (Å²) in [5.74, 6) is 0. The summed E-state index contributed by atoms with van der Waals surface area (Å²) in [5, 5.41) is 0. The maximum absolute atomic E-state index is 5.17. The Morgan fingerprint density at radius 2 is 1.55 bits per heavy atom. The highest BCUT2D eigenvalue weighted by Gasteiger charge is 2.42. The van der Waals surface area contributed by atoms with Crippen LogP contribution in [-0.2, 0) is 18.9 Å². The molecule has 0 bridgehead atoms. The molecule has 4 nitrogen and oxygen atoms in total. The van der Waals surface area contributed by atoms with Crippen LogP contribution in [0.1, 0.15) is 0 Å². The Kier molecular flexibility index (Phi) is 1.69. The fourth-order valence-corrected chi connectivity index (χ4v) is 1.01. The molecule has 0 radical (unpaired) electrons. The molecular formula is C7H10O4. The van der Waals surface area contributed by atoms with E-state index in [0.717, 1.165) is 5.57 Å². The van der Waals surface area contributed by atoms with E-state index in [1.807, 2.05) is 0 Å². The first-order chi connectivity index (χ1) is 5.31. The number of rotatable bonds is 0. The van der Waals surface area contributed by atoms with Gasteiger partial charge >= 0.3 is 6.16 Å². The van der Waals surface area contributed by atoms with E-state index in [0.29, 0.717) is 26.4 Å². The fraction of sp³-hybridized carbons (Fsp3) is 0.714. The summed E-state index contributed by atoms with van der Waals surface area (Å²) in [7, 11) is 0. The highest BCUT2D eigenvalue weighted by molar-refractivity contribution is 4.96. The van der Waals surface area contributed by atoms with Crippen molar-refractivity contribution in [3.63, 3.8) is 0 Å². The van der Waals surface area contributed by atoms with Gasteiger partial charge in [-0.1, -0.05) is 6.58 Å². The van der Waals surface area contributed by atoms with E-state index in [4.69, 9.17) is 18.9 Å². The van der Waals surface area contributed by atoms with Crippen molar-refractivity contribution in [2.45, 2.75) is 6.16 Å². The zero-order valence-electron chi connectivity index (χ0n) is 6.17. The van der Waals surface area contributed by atoms with Crippen molar-refractivity contribution in [1.82, 2.24) is 0 Å². The van der Waals surface area contributed by atoms with Crippen LogP contribution in [0.15, 0.2) is 12.2 Å². The molecule has 0 saturated carbocycles. The Morgan fingerprint density at radius 1 is 1.00 bits per heavy atom. The SMILES string of the molecule is C=C1COC2(OCCO2)OC1. The van der Waals surface area contributed by atoms with Gasteiger partial charge < -0.3 is 9.47 Å². The Hall–Kier alpha value is -0.420. The number of hydrogen-bond acceptors (Lipinski definition) is 4. The second-order valence-corrected chi connectivity index (χ2v) is 2.52. The van der Waals surface area contributed by atoms with Gasteiger partial charge in [-0.05, 0) is 5.57 Å². The average molecular weight is 158 g/mol. The molecule has 0 N–H and O–H groups in total. The average Bonchev–Trinajstić information content (AvgIpc) is 2.45. The molecule has 0 aromatic heterocycles. The van der Waals surface area contributed by atoms with Crippen LogP contribution >= 0.6 is 0 Å². The number of hydrogen-bond donors (Lipinski definition) is 0. The largest absolute Gasteiger partial charge is 0.413 e. The summed E-state index contributed by atoms with van der Waals surface area (Å²) >= 11 is 0. The molecular weight excluding hydrogens is 148 g/mol. The highest BCUT2D eigenvalue weighted by atomic mass is 17.0. The molecule has 2 heterocycles. The summed E-state index contributed by atoms with van der Waals surface area (Å²) in [6.45, 7) is 5.64. The normalized spacial score (nSPS) is 29.6. The summed E-state index contributed by atoms with van der Waals surface area (Å²) in [6.07, 6.45) is -1.21. The molecule has 62 valence electrons. The zero-order chi connectivity index (χ0) is 7.73. The van der Waals surface area contributed by atoms with Gasteiger partial charge in [-0.2, -0.15) is 0 Å². The van der Waals surface area contributed by atoms with E-state index in [1.165, 1.54) is 0 Å². The van der Waals surface area contributed by atoms with Gasteiger partial charge in [0.2, 0.25) is 0 Å². The summed E-state index contributed by atoms with van der Waals surface area (Å²) in [5.41, 5.74) is 0.898. The predicted molar refractivity (Wildman–Crippen MR) is 35.7 cm³/mol. The highest BCUT2D eigenvalue weighted by Crippen LogP contribution is 2.26. The molecule has 0 aliphatic carbocycles. The quantitative estimate of drug-likeness (QED) is 0.473. The fourth-order valence-electron chi connectivity index (χ4n) is 1.01. The first kappa shape index (κ1) is 7.24. The van der Waals surface area contributed by atoms with Crippen molar-refractivity contribution in [2.75, 3.05) is 26.4 Å². The number of ether oxygens (including phenoxy) is 4. The van der Waals surface area contributed by atoms with Gasteiger partial charge in [-0.3, -0.25) is 9.47 Å². The minimum atomic E-state index is -1.21. The molecule has 2 rings (SSSR count). The molecule has 0 amide bonds. The lowest BCUT2D eigenvalue weighted by atomic mass is 10.3. The van der Waals surface area contributed by atoms with Crippen LogP contribution in [-0.4, -0.2) is 32.6 Å². The van der Waals surface area contributed by atoms with E-state index in [9.17, 15) is 0 Å². The minimum Gasteiger partial charge on any atom is -0.301 e. The molecule has 2 saturated heterocycles. The molecule has 2 aliphatic rings. The van der Waals surface area contributed by atoms with Crippen LogP contribution < -0.4 is 0 Å². The molecule has 0 aromatic carbocycles. The standard InChI is InChI=1S/C7H10O4/c1-6-4-10-7(11-5-6)8-2-3-9-7/h1-5H2. The topological polar surface area (TPSA) is 36.9 Å². The molecule has 1 spiro atoms. The second-order valence-electron chi connectivity index (χ2n) is 2.52. The van der Waals surface area contributed by atoms with Crippen LogP contribution in [0, 0.1) is 0 Å². The summed E-state index contributed by atoms with van der Waals surface area (Å²) < 4.78 is 20.6. The van der Waals surface area contributed by atoms with E-state index >= 15 is 0 Å². The lowest BCUT2D eigenvalue weighted by molar-refractivity contribution is -0.469. The van der Waals surface area contributed by atoms with Crippen LogP contribution in [0.2, 0.25) is 0 Å². The van der Waals surface area contributed by atoms with Crippen molar-refractivity contribution < 1.29 is 18.9 Å². The van der Waals surface area contributed by atoms with Gasteiger partial charge in [0.15, 0.2) is 0 Å². The predicted octanol–water partition coefficient (Wildman–Crippen LogP) is 0.247. The Bertz CT molecular complexity index is 159. The summed E-state index contributed by atoms with van der Waals surface area (Å²) in [6, 6.07) is 0. The molecule has 2 fully saturated rings. The Labute approximate surface area is 64.7 Å². The maximum atomic E-state index is 5.17. The van der Waals surface area contributed by atoms with Crippen molar-refractivity contribution >= 4 is 0 Å². The monoisotopic (exact) mass is 158 g/mol. The van der Waals surface area contributed by atoms with E-state index in [-0.39, 0.29) is 0 Å². The van der Waals surface area contributed by atoms with E-state index < -0.39 is 6.16 Å². The smallest absolute Gasteiger partial charge is 0.301 e. The van der Waals surface area contributed by atoms with Crippen molar-refractivity contribution in [3.05, 3.63) is 12.2 Å². The van der Waals surface area contributed by atoms with Crippen LogP contribution in [0.4, 0.5) is 0 Å². The molecule has 4 heteroatoms. The first-order valence-corrected chi connectivity index (χ1v) is 3.53. The molecule has 2 aliphatic heterocycles. The van der Waals surface area contributed by atoms with E-state index in [2.05, 4.69) is 6.58 Å². The lowest BCUT2D eigenvalue weighted by Crippen LogP contribution is -2.42. The van der Waals surface area contributed by atoms with Gasteiger partial charge in [0.25, 0.3) is 0 Å². The third-order valence-corrected chi connectivity index (χ3v) is 1.55. The van der Waals surface area contributed by atoms with Gasteiger partial charge in [0.1, 0.15) is 0 Å². The maximum Gasteiger partial charge on any atom is 0.413 e. The van der Waals surface area contributed by atoms with Crippen molar-refractivity contribution in [3.8, 4) is 0 Å². The third kappa shape index (κ3) is 1.30. The van der Waals surface area contributed by atoms with Gasteiger partial charge in [0.05, 0.1) is 26.4 Å². The van der Waals surface area contributed by atoms with Gasteiger partial charge in [-0.25, -0.2) is 0 Å². The first-order valence-electron chi connectivity index (χ1n) is 3.53. The molecule has 0 atom stereocenters. The van der Waals surface area contributed by atoms with Crippen LogP contribution in [0.25, 0.3) is 0 Å². The molecule has 0 aromatic rings. The molecule has 11 heavy (non-hydrogen) atoms. The summed E-state index contributed by atoms with van der Waals surface area (Å²) in [4.78, 5) is 0. The van der Waals surface area contributed by atoms with Crippen LogP contribution in [0.3, 0.4) is 0 Å². The zero-order valence-corrected chi connectivity index (χ0v) is 6.17. The van der Waals surface area contributed by atoms with Crippen LogP contribution in [0.5, 0.6) is 0 Å². The van der Waals surface area contributed by atoms with Gasteiger partial charge in [0, 0.05) is 0 Å². The van der Waals surface area contributed by atoms with E-state index in [1.54, 1.807) is 0 Å². The Balaban J connectivity index is 1.99. The molecule has 0 unspecified atom stereocenters. The lowest BCUT2D eigenvalue weighted by Gasteiger charge is -2.30. The second kappa shape index (κ2) is 2.57.